The van der Waals surface area contributed by atoms with E-state index in [1.807, 2.05) is 4.68 Å². The third-order valence-electron chi connectivity index (χ3n) is 5.38. The van der Waals surface area contributed by atoms with E-state index >= 15 is 0 Å². The Morgan fingerprint density at radius 3 is 2.67 bits per heavy atom. The van der Waals surface area contributed by atoms with E-state index in [1.54, 1.807) is 13.1 Å². The predicted molar refractivity (Wildman–Crippen MR) is 108 cm³/mol. The fourth-order valence-corrected chi connectivity index (χ4v) is 3.70. The van der Waals surface area contributed by atoms with E-state index in [9.17, 15) is 14.0 Å². The first-order chi connectivity index (χ1) is 14.3. The molecule has 1 aromatic heterocycles. The number of benzene rings is 1. The third kappa shape index (κ3) is 4.55. The number of methoxy groups -OCH3 is 2. The number of aryl methyl sites for hydroxylation is 1. The molecule has 2 N–H and O–H groups in total. The van der Waals surface area contributed by atoms with Crippen molar-refractivity contribution in [2.45, 2.75) is 39.3 Å². The number of nitrogens with zero attached hydrogens (tertiary/aromatic N) is 2. The second-order valence-corrected chi connectivity index (χ2v) is 7.45. The van der Waals surface area contributed by atoms with Crippen LogP contribution in [-0.4, -0.2) is 42.4 Å². The standard InChI is InChI=1S/C21H27FN4O4/c1-12(15-8-19(29-3)20(30-4)9-17(15)22)25-21(28)16-11-24-26-6-5-14(7-18(16)26)10-23-13(2)27/h8-9,11-12,14H,5-7,10H2,1-4H3,(H,23,27)(H,25,28)/t12-,14-/m1/s1. The Kier molecular flexibility index (Phi) is 6.59. The van der Waals surface area contributed by atoms with Crippen LogP contribution in [0.3, 0.4) is 0 Å². The van der Waals surface area contributed by atoms with E-state index in [4.69, 9.17) is 9.47 Å². The van der Waals surface area contributed by atoms with Crippen LogP contribution in [-0.2, 0) is 17.8 Å². The third-order valence-corrected chi connectivity index (χ3v) is 5.38. The minimum Gasteiger partial charge on any atom is -0.493 e. The first kappa shape index (κ1) is 21.6. The van der Waals surface area contributed by atoms with E-state index in [0.29, 0.717) is 36.4 Å². The fraction of sp³-hybridized carbons (Fsp3) is 0.476. The van der Waals surface area contributed by atoms with Crippen molar-refractivity contribution in [3.8, 4) is 11.5 Å². The molecule has 0 saturated carbocycles. The summed E-state index contributed by atoms with van der Waals surface area (Å²) in [6, 6.07) is 2.17. The minimum absolute atomic E-state index is 0.0715. The zero-order valence-electron chi connectivity index (χ0n) is 17.6. The lowest BCUT2D eigenvalue weighted by Crippen LogP contribution is -2.33. The van der Waals surface area contributed by atoms with Crippen molar-refractivity contribution in [3.05, 3.63) is 41.0 Å². The van der Waals surface area contributed by atoms with Crippen molar-refractivity contribution in [1.29, 1.82) is 0 Å². The Morgan fingerprint density at radius 1 is 1.30 bits per heavy atom. The van der Waals surface area contributed by atoms with Gasteiger partial charge in [0, 0.05) is 31.6 Å². The number of hydrogen-bond donors (Lipinski definition) is 2. The second-order valence-electron chi connectivity index (χ2n) is 7.45. The lowest BCUT2D eigenvalue weighted by Gasteiger charge is -2.24. The summed E-state index contributed by atoms with van der Waals surface area (Å²) in [7, 11) is 2.91. The van der Waals surface area contributed by atoms with Gasteiger partial charge in [-0.05, 0) is 31.7 Å². The number of carbonyl (C=O) groups is 2. The molecule has 0 spiro atoms. The molecule has 0 bridgehead atoms. The normalized spacial score (nSPS) is 16.4. The summed E-state index contributed by atoms with van der Waals surface area (Å²) in [5, 5.41) is 9.99. The first-order valence-corrected chi connectivity index (χ1v) is 9.85. The highest BCUT2D eigenvalue weighted by Gasteiger charge is 2.26. The van der Waals surface area contributed by atoms with Crippen LogP contribution in [0.25, 0.3) is 0 Å². The first-order valence-electron chi connectivity index (χ1n) is 9.85. The van der Waals surface area contributed by atoms with Crippen LogP contribution >= 0.6 is 0 Å². The Bertz CT molecular complexity index is 943. The number of ether oxygens (including phenoxy) is 2. The van der Waals surface area contributed by atoms with Crippen LogP contribution in [0.4, 0.5) is 4.39 Å². The molecule has 30 heavy (non-hydrogen) atoms. The monoisotopic (exact) mass is 418 g/mol. The summed E-state index contributed by atoms with van der Waals surface area (Å²) >= 11 is 0. The van der Waals surface area contributed by atoms with Gasteiger partial charge in [0.15, 0.2) is 11.5 Å². The lowest BCUT2D eigenvalue weighted by molar-refractivity contribution is -0.119. The molecule has 1 aromatic carbocycles. The van der Waals surface area contributed by atoms with Crippen molar-refractivity contribution >= 4 is 11.8 Å². The van der Waals surface area contributed by atoms with Crippen LogP contribution < -0.4 is 20.1 Å². The molecule has 2 amide bonds. The quantitative estimate of drug-likeness (QED) is 0.719. The molecule has 162 valence electrons. The maximum atomic E-state index is 14.5. The van der Waals surface area contributed by atoms with Crippen molar-refractivity contribution < 1.29 is 23.5 Å². The van der Waals surface area contributed by atoms with Crippen molar-refractivity contribution in [3.63, 3.8) is 0 Å². The number of rotatable bonds is 7. The second kappa shape index (κ2) is 9.15. The van der Waals surface area contributed by atoms with E-state index in [1.165, 1.54) is 33.3 Å². The van der Waals surface area contributed by atoms with E-state index in [2.05, 4.69) is 15.7 Å². The maximum absolute atomic E-state index is 14.5. The molecule has 2 aromatic rings. The highest BCUT2D eigenvalue weighted by Crippen LogP contribution is 2.32. The van der Waals surface area contributed by atoms with Gasteiger partial charge in [0.1, 0.15) is 5.82 Å². The molecule has 1 aliphatic heterocycles. The fourth-order valence-electron chi connectivity index (χ4n) is 3.70. The van der Waals surface area contributed by atoms with Gasteiger partial charge in [-0.15, -0.1) is 0 Å². The molecule has 3 rings (SSSR count). The van der Waals surface area contributed by atoms with Gasteiger partial charge >= 0.3 is 0 Å². The molecule has 0 aliphatic carbocycles. The lowest BCUT2D eigenvalue weighted by atomic mass is 9.94. The predicted octanol–water partition coefficient (Wildman–Crippen LogP) is 2.23. The summed E-state index contributed by atoms with van der Waals surface area (Å²) in [5.74, 6) is 0.0288. The summed E-state index contributed by atoms with van der Waals surface area (Å²) in [6.07, 6.45) is 3.06. The van der Waals surface area contributed by atoms with Gasteiger partial charge in [-0.25, -0.2) is 4.39 Å². The van der Waals surface area contributed by atoms with Gasteiger partial charge in [-0.2, -0.15) is 5.10 Å². The van der Waals surface area contributed by atoms with Crippen LogP contribution in [0.5, 0.6) is 11.5 Å². The Labute approximate surface area is 174 Å². The van der Waals surface area contributed by atoms with Crippen LogP contribution in [0.1, 0.15) is 47.9 Å². The number of aromatic nitrogens is 2. The molecular weight excluding hydrogens is 391 g/mol. The maximum Gasteiger partial charge on any atom is 0.255 e. The molecule has 1 aliphatic rings. The molecule has 0 unspecified atom stereocenters. The van der Waals surface area contributed by atoms with Crippen LogP contribution in [0.2, 0.25) is 0 Å². The highest BCUT2D eigenvalue weighted by atomic mass is 19.1. The van der Waals surface area contributed by atoms with Gasteiger partial charge < -0.3 is 20.1 Å². The molecule has 0 saturated heterocycles. The Balaban J connectivity index is 1.75. The Hall–Kier alpha value is -3.10. The molecule has 2 heterocycles. The number of carbonyl (C=O) groups excluding carboxylic acids is 2. The highest BCUT2D eigenvalue weighted by molar-refractivity contribution is 5.95. The van der Waals surface area contributed by atoms with Crippen molar-refractivity contribution in [2.24, 2.45) is 5.92 Å². The molecule has 9 heteroatoms. The zero-order valence-corrected chi connectivity index (χ0v) is 17.6. The number of hydrogen-bond acceptors (Lipinski definition) is 5. The van der Waals surface area contributed by atoms with E-state index in [0.717, 1.165) is 12.1 Å². The van der Waals surface area contributed by atoms with Crippen LogP contribution in [0, 0.1) is 11.7 Å². The minimum atomic E-state index is -0.591. The zero-order chi connectivity index (χ0) is 21.8. The number of fused-ring (bicyclic) bond motifs is 1. The number of halogens is 1. The summed E-state index contributed by atoms with van der Waals surface area (Å²) < 4.78 is 26.7. The SMILES string of the molecule is COc1cc(F)c([C@@H](C)NC(=O)c2cnn3c2C[C@H](CNC(C)=O)CC3)cc1OC. The smallest absolute Gasteiger partial charge is 0.255 e. The van der Waals surface area contributed by atoms with E-state index in [-0.39, 0.29) is 23.5 Å². The summed E-state index contributed by atoms with van der Waals surface area (Å²) in [6.45, 7) is 4.44. The van der Waals surface area contributed by atoms with Gasteiger partial charge in [0.05, 0.1) is 37.7 Å². The molecule has 0 radical (unpaired) electrons. The molecule has 2 atom stereocenters. The van der Waals surface area contributed by atoms with Gasteiger partial charge in [-0.3, -0.25) is 14.3 Å². The average Bonchev–Trinajstić information content (AvgIpc) is 3.15. The van der Waals surface area contributed by atoms with E-state index < -0.39 is 11.9 Å². The van der Waals surface area contributed by atoms with Crippen molar-refractivity contribution in [1.82, 2.24) is 20.4 Å². The van der Waals surface area contributed by atoms with Crippen molar-refractivity contribution in [2.75, 3.05) is 20.8 Å². The summed E-state index contributed by atoms with van der Waals surface area (Å²) in [5.41, 5.74) is 1.59. The van der Waals surface area contributed by atoms with Gasteiger partial charge in [0.25, 0.3) is 5.91 Å². The van der Waals surface area contributed by atoms with Crippen LogP contribution in [0.15, 0.2) is 18.3 Å². The largest absolute Gasteiger partial charge is 0.493 e. The average molecular weight is 418 g/mol. The molecular formula is C21H27FN4O4. The topological polar surface area (TPSA) is 94.5 Å². The van der Waals surface area contributed by atoms with Gasteiger partial charge in [-0.1, -0.05) is 0 Å². The summed E-state index contributed by atoms with van der Waals surface area (Å²) in [4.78, 5) is 24.1. The number of nitrogens with one attached hydrogen (secondary N) is 2. The van der Waals surface area contributed by atoms with Gasteiger partial charge in [0.2, 0.25) is 5.91 Å². The Morgan fingerprint density at radius 2 is 2.00 bits per heavy atom. The molecule has 0 fully saturated rings. The number of amides is 2. The molecule has 8 nitrogen and oxygen atoms in total.